The second kappa shape index (κ2) is 3.60. The quantitative estimate of drug-likeness (QED) is 0.659. The van der Waals surface area contributed by atoms with Gasteiger partial charge in [-0.05, 0) is 20.8 Å². The van der Waals surface area contributed by atoms with Gasteiger partial charge in [0.15, 0.2) is 0 Å². The van der Waals surface area contributed by atoms with Crippen molar-refractivity contribution < 1.29 is 9.53 Å². The van der Waals surface area contributed by atoms with Crippen LogP contribution in [0.1, 0.15) is 20.8 Å². The molecule has 0 saturated heterocycles. The molecule has 0 aromatic carbocycles. The van der Waals surface area contributed by atoms with Gasteiger partial charge in [-0.25, -0.2) is 9.78 Å². The van der Waals surface area contributed by atoms with Crippen LogP contribution in [0.25, 0.3) is 0 Å². The molecule has 4 nitrogen and oxygen atoms in total. The van der Waals surface area contributed by atoms with E-state index in [1.807, 2.05) is 0 Å². The molecule has 1 aromatic heterocycles. The van der Waals surface area contributed by atoms with Crippen LogP contribution in [-0.2, 0) is 15.1 Å². The predicted octanol–water partition coefficient (Wildman–Crippen LogP) is 1.18. The Kier molecular flexibility index (Phi) is 2.70. The summed E-state index contributed by atoms with van der Waals surface area (Å²) in [4.78, 5) is 15.4. The van der Waals surface area contributed by atoms with Crippen molar-refractivity contribution >= 4 is 5.97 Å². The summed E-state index contributed by atoms with van der Waals surface area (Å²) in [5, 5.41) is 0. The van der Waals surface area contributed by atoms with Crippen LogP contribution in [0.4, 0.5) is 0 Å². The van der Waals surface area contributed by atoms with E-state index in [1.54, 1.807) is 44.1 Å². The lowest BCUT2D eigenvalue weighted by molar-refractivity contribution is -0.152. The third-order valence-corrected chi connectivity index (χ3v) is 1.92. The van der Waals surface area contributed by atoms with Crippen molar-refractivity contribution in [2.24, 2.45) is 0 Å². The lowest BCUT2D eigenvalue weighted by Crippen LogP contribution is -2.36. The fraction of sp³-hybridized carbons (Fsp3) is 0.556. The van der Waals surface area contributed by atoms with Gasteiger partial charge in [-0.3, -0.25) is 0 Å². The van der Waals surface area contributed by atoms with Crippen LogP contribution >= 0.6 is 0 Å². The zero-order chi connectivity index (χ0) is 9.90. The molecule has 1 rings (SSSR count). The molecule has 0 aliphatic rings. The van der Waals surface area contributed by atoms with Gasteiger partial charge in [0, 0.05) is 12.4 Å². The number of rotatable bonds is 3. The molecule has 0 bridgehead atoms. The molecule has 0 N–H and O–H groups in total. The summed E-state index contributed by atoms with van der Waals surface area (Å²) >= 11 is 0. The van der Waals surface area contributed by atoms with Crippen LogP contribution in [0.5, 0.6) is 0 Å². The number of carbonyl (C=O) groups is 1. The number of hydrogen-bond donors (Lipinski definition) is 0. The standard InChI is InChI=1S/C9H14N2O2/c1-4-13-8(12)9(2,3)11-6-5-10-7-11/h5-7H,4H2,1-3H3. The van der Waals surface area contributed by atoms with E-state index in [2.05, 4.69) is 4.98 Å². The van der Waals surface area contributed by atoms with Crippen LogP contribution < -0.4 is 0 Å². The highest BCUT2D eigenvalue weighted by Gasteiger charge is 2.30. The summed E-state index contributed by atoms with van der Waals surface area (Å²) in [5.41, 5.74) is -0.674. The molecule has 0 atom stereocenters. The number of esters is 1. The normalized spacial score (nSPS) is 11.3. The van der Waals surface area contributed by atoms with Gasteiger partial charge in [0.25, 0.3) is 0 Å². The number of ether oxygens (including phenoxy) is 1. The molecule has 0 radical (unpaired) electrons. The first-order chi connectivity index (χ1) is 6.09. The Balaban J connectivity index is 2.82. The van der Waals surface area contributed by atoms with Crippen LogP contribution in [0.3, 0.4) is 0 Å². The van der Waals surface area contributed by atoms with Gasteiger partial charge in [0.2, 0.25) is 0 Å². The van der Waals surface area contributed by atoms with Gasteiger partial charge in [-0.2, -0.15) is 0 Å². The zero-order valence-corrected chi connectivity index (χ0v) is 8.15. The minimum Gasteiger partial charge on any atom is -0.464 e. The topological polar surface area (TPSA) is 44.1 Å². The number of aromatic nitrogens is 2. The SMILES string of the molecule is CCOC(=O)C(C)(C)n1ccnc1. The summed E-state index contributed by atoms with van der Waals surface area (Å²) in [6, 6.07) is 0. The first-order valence-corrected chi connectivity index (χ1v) is 4.24. The third kappa shape index (κ3) is 1.88. The van der Waals surface area contributed by atoms with Gasteiger partial charge < -0.3 is 9.30 Å². The third-order valence-electron chi connectivity index (χ3n) is 1.92. The molecule has 0 spiro atoms. The Morgan fingerprint density at radius 3 is 2.77 bits per heavy atom. The first kappa shape index (κ1) is 9.77. The largest absolute Gasteiger partial charge is 0.464 e. The maximum Gasteiger partial charge on any atom is 0.331 e. The Labute approximate surface area is 77.5 Å². The number of carbonyl (C=O) groups excluding carboxylic acids is 1. The Hall–Kier alpha value is -1.32. The lowest BCUT2D eigenvalue weighted by Gasteiger charge is -2.23. The van der Waals surface area contributed by atoms with Crippen LogP contribution in [0, 0.1) is 0 Å². The first-order valence-electron chi connectivity index (χ1n) is 4.24. The zero-order valence-electron chi connectivity index (χ0n) is 8.15. The Morgan fingerprint density at radius 1 is 1.62 bits per heavy atom. The molecule has 0 aliphatic heterocycles. The molecule has 1 aromatic rings. The maximum atomic E-state index is 11.5. The fourth-order valence-electron chi connectivity index (χ4n) is 1.00. The van der Waals surface area contributed by atoms with Crippen molar-refractivity contribution in [3.05, 3.63) is 18.7 Å². The average Bonchev–Trinajstić information content (AvgIpc) is 2.56. The maximum absolute atomic E-state index is 11.5. The summed E-state index contributed by atoms with van der Waals surface area (Å²) < 4.78 is 6.67. The van der Waals surface area contributed by atoms with Gasteiger partial charge >= 0.3 is 5.97 Å². The summed E-state index contributed by atoms with van der Waals surface area (Å²) in [6.07, 6.45) is 4.99. The minimum absolute atomic E-state index is 0.243. The van der Waals surface area contributed by atoms with E-state index in [4.69, 9.17) is 4.74 Å². The molecule has 0 unspecified atom stereocenters. The van der Waals surface area contributed by atoms with Crippen molar-refractivity contribution in [3.8, 4) is 0 Å². The molecule has 4 heteroatoms. The van der Waals surface area contributed by atoms with Gasteiger partial charge in [-0.15, -0.1) is 0 Å². The lowest BCUT2D eigenvalue weighted by atomic mass is 10.1. The predicted molar refractivity (Wildman–Crippen MR) is 48.2 cm³/mol. The van der Waals surface area contributed by atoms with Gasteiger partial charge in [-0.1, -0.05) is 0 Å². The summed E-state index contributed by atoms with van der Waals surface area (Å²) in [5.74, 6) is -0.243. The van der Waals surface area contributed by atoms with Crippen LogP contribution in [-0.4, -0.2) is 22.1 Å². The Morgan fingerprint density at radius 2 is 2.31 bits per heavy atom. The molecule has 0 fully saturated rings. The highest BCUT2D eigenvalue weighted by molar-refractivity contribution is 5.77. The minimum atomic E-state index is -0.674. The molecule has 1 heterocycles. The monoisotopic (exact) mass is 182 g/mol. The van der Waals surface area contributed by atoms with Crippen molar-refractivity contribution in [2.45, 2.75) is 26.3 Å². The fourth-order valence-corrected chi connectivity index (χ4v) is 1.00. The molecule has 0 saturated carbocycles. The average molecular weight is 182 g/mol. The smallest absolute Gasteiger partial charge is 0.331 e. The van der Waals surface area contributed by atoms with E-state index in [0.29, 0.717) is 6.61 Å². The number of imidazole rings is 1. The summed E-state index contributed by atoms with van der Waals surface area (Å²) in [7, 11) is 0. The van der Waals surface area contributed by atoms with Crippen LogP contribution in [0.2, 0.25) is 0 Å². The second-order valence-electron chi connectivity index (χ2n) is 3.25. The highest BCUT2D eigenvalue weighted by atomic mass is 16.5. The van der Waals surface area contributed by atoms with Crippen molar-refractivity contribution in [2.75, 3.05) is 6.61 Å². The number of nitrogens with zero attached hydrogens (tertiary/aromatic N) is 2. The second-order valence-corrected chi connectivity index (χ2v) is 3.25. The van der Waals surface area contributed by atoms with E-state index in [1.165, 1.54) is 0 Å². The highest BCUT2D eigenvalue weighted by Crippen LogP contribution is 2.16. The molecular formula is C9H14N2O2. The Bertz CT molecular complexity index is 278. The van der Waals surface area contributed by atoms with Crippen LogP contribution in [0.15, 0.2) is 18.7 Å². The van der Waals surface area contributed by atoms with Gasteiger partial charge in [0.05, 0.1) is 12.9 Å². The number of hydrogen-bond acceptors (Lipinski definition) is 3. The molecular weight excluding hydrogens is 168 g/mol. The molecule has 13 heavy (non-hydrogen) atoms. The molecule has 0 aliphatic carbocycles. The van der Waals surface area contributed by atoms with Crippen molar-refractivity contribution in [1.29, 1.82) is 0 Å². The van der Waals surface area contributed by atoms with Gasteiger partial charge in [0.1, 0.15) is 5.54 Å². The van der Waals surface area contributed by atoms with E-state index in [0.717, 1.165) is 0 Å². The summed E-state index contributed by atoms with van der Waals surface area (Å²) in [6.45, 7) is 5.79. The van der Waals surface area contributed by atoms with E-state index >= 15 is 0 Å². The molecule has 72 valence electrons. The van der Waals surface area contributed by atoms with Crippen molar-refractivity contribution in [1.82, 2.24) is 9.55 Å². The van der Waals surface area contributed by atoms with E-state index in [-0.39, 0.29) is 5.97 Å². The van der Waals surface area contributed by atoms with E-state index in [9.17, 15) is 4.79 Å². The molecule has 0 amide bonds. The van der Waals surface area contributed by atoms with Crippen molar-refractivity contribution in [3.63, 3.8) is 0 Å². The van der Waals surface area contributed by atoms with E-state index < -0.39 is 5.54 Å².